The summed E-state index contributed by atoms with van der Waals surface area (Å²) in [5.41, 5.74) is 2.91. The van der Waals surface area contributed by atoms with Crippen molar-refractivity contribution >= 4 is 28.9 Å². The lowest BCUT2D eigenvalue weighted by molar-refractivity contribution is -0.118. The van der Waals surface area contributed by atoms with Gasteiger partial charge in [-0.15, -0.1) is 0 Å². The quantitative estimate of drug-likeness (QED) is 0.258. The normalized spacial score (nSPS) is 17.3. The molecular formula is C32H33FN6O6. The number of rotatable bonds is 11. The van der Waals surface area contributed by atoms with Crippen LogP contribution in [0.3, 0.4) is 0 Å². The standard InChI is InChI=1S/C32H33FN6O6/c1-42-29-10-8-25-30(38-29)23(24(33)13-35-25)11-12-34-26-18-43-17-21(26)14-39(32(41)45-16-20-5-3-2-4-6-20)15-22-7-9-27-31(36-22)37-28(40)19-44-27/h2-10,13,21,26,34H,11-12,14-19H2,1H3,(H,36,37,40)/t21-,26-/m0/s1. The molecule has 1 aromatic carbocycles. The van der Waals surface area contributed by atoms with Crippen LogP contribution >= 0.6 is 0 Å². The van der Waals surface area contributed by atoms with Gasteiger partial charge in [0, 0.05) is 30.1 Å². The maximum atomic E-state index is 14.8. The SMILES string of the molecule is COc1ccc2ncc(F)c(CCN[C@H]3COC[C@@H]3CN(Cc3ccc4c(n3)NC(=O)CO4)C(=O)OCc3ccccc3)c2n1. The molecule has 0 unspecified atom stereocenters. The average Bonchev–Trinajstić information content (AvgIpc) is 3.51. The second-order valence-electron chi connectivity index (χ2n) is 10.8. The fraction of sp³-hybridized carbons (Fsp3) is 0.344. The number of nitrogens with zero attached hydrogens (tertiary/aromatic N) is 4. The molecule has 0 saturated carbocycles. The number of carbonyl (C=O) groups is 2. The van der Waals surface area contributed by atoms with Crippen molar-refractivity contribution in [2.45, 2.75) is 25.6 Å². The third kappa shape index (κ3) is 7.27. The minimum Gasteiger partial charge on any atom is -0.481 e. The van der Waals surface area contributed by atoms with Crippen molar-refractivity contribution in [2.24, 2.45) is 5.92 Å². The van der Waals surface area contributed by atoms with Crippen molar-refractivity contribution in [1.29, 1.82) is 0 Å². The molecule has 0 radical (unpaired) electrons. The molecule has 234 valence electrons. The van der Waals surface area contributed by atoms with Crippen LogP contribution in [0, 0.1) is 11.7 Å². The number of hydrogen-bond donors (Lipinski definition) is 2. The van der Waals surface area contributed by atoms with E-state index in [2.05, 4.69) is 25.6 Å². The Labute approximate surface area is 258 Å². The Morgan fingerprint density at radius 3 is 2.84 bits per heavy atom. The summed E-state index contributed by atoms with van der Waals surface area (Å²) in [5.74, 6) is 0.363. The van der Waals surface area contributed by atoms with Crippen LogP contribution in [-0.4, -0.2) is 77.9 Å². The maximum Gasteiger partial charge on any atom is 0.410 e. The zero-order valence-electron chi connectivity index (χ0n) is 24.7. The zero-order chi connectivity index (χ0) is 31.2. The van der Waals surface area contributed by atoms with Crippen LogP contribution in [0.4, 0.5) is 15.0 Å². The van der Waals surface area contributed by atoms with Gasteiger partial charge in [0.1, 0.15) is 12.4 Å². The Kier molecular flexibility index (Phi) is 9.27. The number of carbonyl (C=O) groups excluding carboxylic acids is 2. The summed E-state index contributed by atoms with van der Waals surface area (Å²) in [4.78, 5) is 39.9. The fourth-order valence-corrected chi connectivity index (χ4v) is 5.40. The maximum absolute atomic E-state index is 14.8. The van der Waals surface area contributed by atoms with Gasteiger partial charge in [-0.2, -0.15) is 0 Å². The Bertz CT molecular complexity index is 1680. The number of methoxy groups -OCH3 is 1. The molecule has 1 fully saturated rings. The highest BCUT2D eigenvalue weighted by atomic mass is 19.1. The predicted molar refractivity (Wildman–Crippen MR) is 161 cm³/mol. The van der Waals surface area contributed by atoms with E-state index in [9.17, 15) is 14.0 Å². The van der Waals surface area contributed by atoms with Crippen molar-refractivity contribution in [3.8, 4) is 11.6 Å². The van der Waals surface area contributed by atoms with Gasteiger partial charge >= 0.3 is 6.09 Å². The number of anilines is 1. The molecule has 2 aliphatic heterocycles. The van der Waals surface area contributed by atoms with E-state index in [1.807, 2.05) is 30.3 Å². The van der Waals surface area contributed by atoms with Gasteiger partial charge in [0.2, 0.25) is 5.88 Å². The van der Waals surface area contributed by atoms with Gasteiger partial charge in [-0.1, -0.05) is 30.3 Å². The third-order valence-corrected chi connectivity index (χ3v) is 7.73. The minimum atomic E-state index is -0.505. The summed E-state index contributed by atoms with van der Waals surface area (Å²) in [5, 5.41) is 6.19. The van der Waals surface area contributed by atoms with Crippen LogP contribution in [0.25, 0.3) is 11.0 Å². The first-order valence-corrected chi connectivity index (χ1v) is 14.6. The van der Waals surface area contributed by atoms with Gasteiger partial charge in [-0.05, 0) is 36.7 Å². The largest absolute Gasteiger partial charge is 0.481 e. The molecule has 2 amide bonds. The zero-order valence-corrected chi connectivity index (χ0v) is 24.7. The molecule has 0 aliphatic carbocycles. The fourth-order valence-electron chi connectivity index (χ4n) is 5.40. The number of benzene rings is 1. The lowest BCUT2D eigenvalue weighted by Crippen LogP contribution is -2.44. The molecule has 2 aliphatic rings. The molecule has 0 bridgehead atoms. The predicted octanol–water partition coefficient (Wildman–Crippen LogP) is 3.49. The molecule has 13 heteroatoms. The van der Waals surface area contributed by atoms with Crippen LogP contribution in [0.15, 0.2) is 60.8 Å². The van der Waals surface area contributed by atoms with Gasteiger partial charge in [0.05, 0.1) is 49.8 Å². The number of ether oxygens (including phenoxy) is 4. The smallest absolute Gasteiger partial charge is 0.410 e. The van der Waals surface area contributed by atoms with Crippen LogP contribution in [0.2, 0.25) is 0 Å². The number of fused-ring (bicyclic) bond motifs is 2. The highest BCUT2D eigenvalue weighted by molar-refractivity contribution is 5.94. The molecule has 1 saturated heterocycles. The number of hydrogen-bond acceptors (Lipinski definition) is 10. The van der Waals surface area contributed by atoms with Gasteiger partial charge < -0.3 is 34.5 Å². The summed E-state index contributed by atoms with van der Waals surface area (Å²) in [7, 11) is 1.51. The highest BCUT2D eigenvalue weighted by Crippen LogP contribution is 2.27. The molecule has 5 heterocycles. The Balaban J connectivity index is 1.14. The highest BCUT2D eigenvalue weighted by Gasteiger charge is 2.32. The van der Waals surface area contributed by atoms with Gasteiger partial charge in [0.15, 0.2) is 18.2 Å². The van der Waals surface area contributed by atoms with Gasteiger partial charge in [0.25, 0.3) is 5.91 Å². The molecule has 0 spiro atoms. The molecule has 45 heavy (non-hydrogen) atoms. The molecule has 2 atom stereocenters. The summed E-state index contributed by atoms with van der Waals surface area (Å²) < 4.78 is 37.0. The van der Waals surface area contributed by atoms with E-state index >= 15 is 0 Å². The van der Waals surface area contributed by atoms with E-state index in [0.717, 1.165) is 5.56 Å². The number of aromatic nitrogens is 3. The molecule has 6 rings (SSSR count). The van der Waals surface area contributed by atoms with Crippen LogP contribution in [0.1, 0.15) is 16.8 Å². The first-order valence-electron chi connectivity index (χ1n) is 14.6. The molecule has 3 aromatic heterocycles. The Morgan fingerprint density at radius 2 is 2.00 bits per heavy atom. The van der Waals surface area contributed by atoms with E-state index in [0.29, 0.717) is 72.5 Å². The van der Waals surface area contributed by atoms with Crippen molar-refractivity contribution in [3.05, 3.63) is 83.4 Å². The Hall–Kier alpha value is -4.88. The van der Waals surface area contributed by atoms with Crippen molar-refractivity contribution in [1.82, 2.24) is 25.2 Å². The van der Waals surface area contributed by atoms with Gasteiger partial charge in [-0.3, -0.25) is 9.78 Å². The summed E-state index contributed by atoms with van der Waals surface area (Å²) >= 11 is 0. The van der Waals surface area contributed by atoms with Crippen LogP contribution in [0.5, 0.6) is 11.6 Å². The van der Waals surface area contributed by atoms with E-state index in [1.165, 1.54) is 13.3 Å². The van der Waals surface area contributed by atoms with Crippen molar-refractivity contribution < 1.29 is 32.9 Å². The van der Waals surface area contributed by atoms with Crippen molar-refractivity contribution in [2.75, 3.05) is 45.3 Å². The van der Waals surface area contributed by atoms with E-state index in [1.54, 1.807) is 29.2 Å². The minimum absolute atomic E-state index is 0.0727. The third-order valence-electron chi connectivity index (χ3n) is 7.73. The van der Waals surface area contributed by atoms with E-state index in [4.69, 9.17) is 18.9 Å². The first-order chi connectivity index (χ1) is 22.0. The second-order valence-corrected chi connectivity index (χ2v) is 10.8. The van der Waals surface area contributed by atoms with Crippen LogP contribution < -0.4 is 20.1 Å². The summed E-state index contributed by atoms with van der Waals surface area (Å²) in [6, 6.07) is 16.3. The van der Waals surface area contributed by atoms with Crippen molar-refractivity contribution in [3.63, 3.8) is 0 Å². The van der Waals surface area contributed by atoms with Gasteiger partial charge in [-0.25, -0.2) is 19.2 Å². The molecular weight excluding hydrogens is 583 g/mol. The second kappa shape index (κ2) is 13.8. The van der Waals surface area contributed by atoms with Crippen LogP contribution in [-0.2, 0) is 33.8 Å². The lowest BCUT2D eigenvalue weighted by atomic mass is 10.0. The molecule has 2 N–H and O–H groups in total. The molecule has 12 nitrogen and oxygen atoms in total. The number of nitrogens with one attached hydrogen (secondary N) is 2. The monoisotopic (exact) mass is 616 g/mol. The average molecular weight is 617 g/mol. The summed E-state index contributed by atoms with van der Waals surface area (Å²) in [6.07, 6.45) is 1.07. The van der Waals surface area contributed by atoms with E-state index in [-0.39, 0.29) is 37.6 Å². The number of amides is 2. The number of halogens is 1. The molecule has 4 aromatic rings. The Morgan fingerprint density at radius 1 is 1.13 bits per heavy atom. The number of pyridine rings is 3. The lowest BCUT2D eigenvalue weighted by Gasteiger charge is -2.28. The van der Waals surface area contributed by atoms with E-state index < -0.39 is 11.9 Å². The first kappa shape index (κ1) is 30.2. The summed E-state index contributed by atoms with van der Waals surface area (Å²) in [6.45, 7) is 1.81. The topological polar surface area (TPSA) is 137 Å².